The van der Waals surface area contributed by atoms with E-state index in [4.69, 9.17) is 5.73 Å². The molecule has 0 aliphatic heterocycles. The molecule has 5 heteroatoms. The summed E-state index contributed by atoms with van der Waals surface area (Å²) in [6, 6.07) is 19.0. The van der Waals surface area contributed by atoms with Gasteiger partial charge in [-0.15, -0.1) is 0 Å². The molecule has 4 aromatic rings. The first kappa shape index (κ1) is 17.9. The number of pyridine rings is 2. The van der Waals surface area contributed by atoms with Crippen LogP contribution in [0.4, 0.5) is 4.39 Å². The minimum atomic E-state index is -0.489. The summed E-state index contributed by atoms with van der Waals surface area (Å²) in [5, 5.41) is 9.68. The van der Waals surface area contributed by atoms with Crippen LogP contribution in [-0.2, 0) is 6.42 Å². The van der Waals surface area contributed by atoms with Crippen molar-refractivity contribution < 1.29 is 9.50 Å². The second-order valence-corrected chi connectivity index (χ2v) is 6.59. The molecule has 0 spiro atoms. The minimum absolute atomic E-state index is 0.149. The summed E-state index contributed by atoms with van der Waals surface area (Å²) in [4.78, 5) is 13.3. The van der Waals surface area contributed by atoms with Crippen molar-refractivity contribution in [3.8, 4) is 28.0 Å². The molecule has 0 atom stereocenters. The molecule has 2 heterocycles. The van der Waals surface area contributed by atoms with Crippen molar-refractivity contribution in [2.45, 2.75) is 6.42 Å². The maximum atomic E-state index is 14.0. The summed E-state index contributed by atoms with van der Waals surface area (Å²) >= 11 is 0. The molecule has 4 rings (SSSR count). The number of fused-ring (bicyclic) bond motifs is 1. The average molecular weight is 374 g/mol. The predicted molar refractivity (Wildman–Crippen MR) is 109 cm³/mol. The maximum absolute atomic E-state index is 14.0. The molecule has 0 unspecified atom stereocenters. The Bertz CT molecular complexity index is 1200. The third-order valence-electron chi connectivity index (χ3n) is 4.82. The molecule has 0 fully saturated rings. The third-order valence-corrected chi connectivity index (χ3v) is 4.82. The van der Waals surface area contributed by atoms with E-state index < -0.39 is 5.82 Å². The van der Waals surface area contributed by atoms with E-state index in [0.717, 1.165) is 22.3 Å². The van der Waals surface area contributed by atoms with Crippen LogP contribution in [0.25, 0.3) is 27.8 Å². The van der Waals surface area contributed by atoms with E-state index in [1.165, 1.54) is 16.7 Å². The van der Waals surface area contributed by atoms with Crippen molar-refractivity contribution >= 4 is 5.52 Å². The van der Waals surface area contributed by atoms with E-state index in [0.29, 0.717) is 24.0 Å². The number of phenols is 1. The number of nitrogens with zero attached hydrogens (tertiary/aromatic N) is 1. The summed E-state index contributed by atoms with van der Waals surface area (Å²) < 4.78 is 15.3. The smallest absolute Gasteiger partial charge is 0.263 e. The summed E-state index contributed by atoms with van der Waals surface area (Å²) in [6.07, 6.45) is 1.70. The molecule has 0 saturated carbocycles. The first-order chi connectivity index (χ1) is 13.6. The van der Waals surface area contributed by atoms with Gasteiger partial charge in [0.1, 0.15) is 11.6 Å². The molecular weight excluding hydrogens is 355 g/mol. The molecule has 28 heavy (non-hydrogen) atoms. The molecule has 0 aliphatic rings. The second-order valence-electron chi connectivity index (χ2n) is 6.59. The van der Waals surface area contributed by atoms with E-state index in [1.54, 1.807) is 30.3 Å². The molecule has 0 amide bonds. The molecule has 0 aliphatic carbocycles. The molecule has 4 nitrogen and oxygen atoms in total. The Balaban J connectivity index is 2.19. The number of benzene rings is 2. The third kappa shape index (κ3) is 3.06. The summed E-state index contributed by atoms with van der Waals surface area (Å²) in [7, 11) is 0. The molecule has 3 N–H and O–H groups in total. The van der Waals surface area contributed by atoms with Crippen molar-refractivity contribution in [3.63, 3.8) is 0 Å². The molecule has 2 aromatic heterocycles. The fraction of sp³-hybridized carbons (Fsp3) is 0.0870. The fourth-order valence-corrected chi connectivity index (χ4v) is 3.62. The lowest BCUT2D eigenvalue weighted by Gasteiger charge is -2.18. The zero-order chi connectivity index (χ0) is 19.7. The second kappa shape index (κ2) is 7.29. The van der Waals surface area contributed by atoms with E-state index in [9.17, 15) is 14.3 Å². The predicted octanol–water partition coefficient (Wildman–Crippen LogP) is 3.98. The Morgan fingerprint density at radius 2 is 1.57 bits per heavy atom. The Hall–Kier alpha value is -3.44. The van der Waals surface area contributed by atoms with Gasteiger partial charge in [-0.1, -0.05) is 42.5 Å². The number of hydrogen-bond donors (Lipinski definition) is 2. The first-order valence-electron chi connectivity index (χ1n) is 9.02. The van der Waals surface area contributed by atoms with Crippen molar-refractivity contribution in [2.75, 3.05) is 6.54 Å². The average Bonchev–Trinajstić information content (AvgIpc) is 2.71. The summed E-state index contributed by atoms with van der Waals surface area (Å²) in [5.74, 6) is -0.340. The van der Waals surface area contributed by atoms with Gasteiger partial charge in [-0.25, -0.2) is 4.39 Å². The minimum Gasteiger partial charge on any atom is -0.508 e. The quantitative estimate of drug-likeness (QED) is 0.568. The van der Waals surface area contributed by atoms with Gasteiger partial charge in [-0.05, 0) is 53.9 Å². The molecule has 2 aromatic carbocycles. The van der Waals surface area contributed by atoms with Gasteiger partial charge in [0, 0.05) is 11.8 Å². The normalized spacial score (nSPS) is 11.1. The van der Waals surface area contributed by atoms with Gasteiger partial charge in [0.05, 0.1) is 11.1 Å². The highest BCUT2D eigenvalue weighted by Crippen LogP contribution is 2.34. The highest BCUT2D eigenvalue weighted by atomic mass is 19.1. The van der Waals surface area contributed by atoms with Gasteiger partial charge < -0.3 is 10.8 Å². The topological polar surface area (TPSA) is 67.7 Å². The van der Waals surface area contributed by atoms with Gasteiger partial charge in [-0.3, -0.25) is 9.20 Å². The fourth-order valence-electron chi connectivity index (χ4n) is 3.62. The number of aromatic nitrogens is 1. The van der Waals surface area contributed by atoms with Crippen LogP contribution in [0, 0.1) is 5.82 Å². The lowest BCUT2D eigenvalue weighted by Crippen LogP contribution is -2.21. The van der Waals surface area contributed by atoms with Crippen molar-refractivity contribution in [1.82, 2.24) is 4.40 Å². The Morgan fingerprint density at radius 3 is 2.25 bits per heavy atom. The molecule has 140 valence electrons. The van der Waals surface area contributed by atoms with Crippen molar-refractivity contribution in [2.24, 2.45) is 5.73 Å². The van der Waals surface area contributed by atoms with Gasteiger partial charge >= 0.3 is 0 Å². The molecular formula is C23H19FN2O2. The van der Waals surface area contributed by atoms with Crippen LogP contribution >= 0.6 is 0 Å². The largest absolute Gasteiger partial charge is 0.508 e. The van der Waals surface area contributed by atoms with Crippen LogP contribution in [0.15, 0.2) is 77.7 Å². The highest BCUT2D eigenvalue weighted by molar-refractivity contribution is 5.88. The summed E-state index contributed by atoms with van der Waals surface area (Å²) in [6.45, 7) is 0.363. The Morgan fingerprint density at radius 1 is 0.893 bits per heavy atom. The maximum Gasteiger partial charge on any atom is 0.263 e. The van der Waals surface area contributed by atoms with Crippen LogP contribution in [0.5, 0.6) is 5.75 Å². The van der Waals surface area contributed by atoms with Gasteiger partial charge in [0.25, 0.3) is 5.56 Å². The highest BCUT2D eigenvalue weighted by Gasteiger charge is 2.20. The van der Waals surface area contributed by atoms with Crippen LogP contribution in [0.3, 0.4) is 0 Å². The number of nitrogens with two attached hydrogens (primary N) is 1. The Labute approximate surface area is 161 Å². The van der Waals surface area contributed by atoms with Gasteiger partial charge in [-0.2, -0.15) is 0 Å². The zero-order valence-electron chi connectivity index (χ0n) is 15.1. The number of phenolic OH excluding ortho intramolecular Hbond substituents is 1. The number of rotatable bonds is 4. The first-order valence-corrected chi connectivity index (χ1v) is 9.02. The van der Waals surface area contributed by atoms with Crippen molar-refractivity contribution in [3.05, 3.63) is 94.7 Å². The molecule has 0 saturated heterocycles. The van der Waals surface area contributed by atoms with Gasteiger partial charge in [0.15, 0.2) is 0 Å². The zero-order valence-corrected chi connectivity index (χ0v) is 15.1. The van der Waals surface area contributed by atoms with Crippen LogP contribution in [-0.4, -0.2) is 16.1 Å². The summed E-state index contributed by atoms with van der Waals surface area (Å²) in [5.41, 5.74) is 9.92. The number of halogens is 1. The van der Waals surface area contributed by atoms with E-state index in [-0.39, 0.29) is 11.3 Å². The van der Waals surface area contributed by atoms with E-state index in [2.05, 4.69) is 0 Å². The lowest BCUT2D eigenvalue weighted by molar-refractivity contribution is 0.475. The van der Waals surface area contributed by atoms with Crippen LogP contribution < -0.4 is 11.3 Å². The van der Waals surface area contributed by atoms with Crippen LogP contribution in [0.1, 0.15) is 5.56 Å². The number of aromatic hydroxyl groups is 1. The SMILES string of the molecule is NCCc1c(-c2ccccc2)c(=O)n2cc(F)ccc2c1-c1ccc(O)cc1. The monoisotopic (exact) mass is 374 g/mol. The Kier molecular flexibility index (Phi) is 4.67. The van der Waals surface area contributed by atoms with Crippen molar-refractivity contribution in [1.29, 1.82) is 0 Å². The van der Waals surface area contributed by atoms with E-state index in [1.807, 2.05) is 30.3 Å². The van der Waals surface area contributed by atoms with Crippen LogP contribution in [0.2, 0.25) is 0 Å². The molecule has 0 radical (unpaired) electrons. The lowest BCUT2D eigenvalue weighted by atomic mass is 9.90. The molecule has 0 bridgehead atoms. The number of hydrogen-bond acceptors (Lipinski definition) is 3. The standard InChI is InChI=1S/C23H19FN2O2/c24-17-8-11-20-21(16-6-9-18(27)10-7-16)19(12-13-25)22(23(28)26(20)14-17)15-4-2-1-3-5-15/h1-11,14,27H,12-13,25H2. The van der Waals surface area contributed by atoms with Gasteiger partial charge in [0.2, 0.25) is 0 Å². The van der Waals surface area contributed by atoms with E-state index >= 15 is 0 Å².